The van der Waals surface area contributed by atoms with Crippen molar-refractivity contribution in [2.75, 3.05) is 20.3 Å². The summed E-state index contributed by atoms with van der Waals surface area (Å²) in [5, 5.41) is 3.60. The molecule has 1 aromatic rings. The zero-order valence-electron chi connectivity index (χ0n) is 13.0. The molecule has 21 heavy (non-hydrogen) atoms. The smallest absolute Gasteiger partial charge is 0.119 e. The van der Waals surface area contributed by atoms with Gasteiger partial charge < -0.3 is 14.8 Å². The van der Waals surface area contributed by atoms with Gasteiger partial charge in [-0.15, -0.1) is 0 Å². The fourth-order valence-electron chi connectivity index (χ4n) is 2.92. The van der Waals surface area contributed by atoms with Gasteiger partial charge >= 0.3 is 0 Å². The summed E-state index contributed by atoms with van der Waals surface area (Å²) in [6.07, 6.45) is 6.24. The Hall–Kier alpha value is -0.580. The minimum atomic E-state index is 0.472. The summed E-state index contributed by atoms with van der Waals surface area (Å²) < 4.78 is 12.2. The first-order chi connectivity index (χ1) is 10.2. The second-order valence-electron chi connectivity index (χ2n) is 5.63. The van der Waals surface area contributed by atoms with E-state index >= 15 is 0 Å². The molecule has 0 radical (unpaired) electrons. The van der Waals surface area contributed by atoms with Crippen LogP contribution in [0.5, 0.6) is 5.75 Å². The lowest BCUT2D eigenvalue weighted by atomic mass is 9.99. The number of rotatable bonds is 8. The summed E-state index contributed by atoms with van der Waals surface area (Å²) in [6.45, 7) is 4.11. The second-order valence-corrected chi connectivity index (χ2v) is 6.48. The Morgan fingerprint density at radius 2 is 2.33 bits per heavy atom. The molecule has 0 amide bonds. The Bertz CT molecular complexity index is 433. The lowest BCUT2D eigenvalue weighted by molar-refractivity contribution is 0.0996. The first-order valence-electron chi connectivity index (χ1n) is 7.90. The van der Waals surface area contributed by atoms with Crippen LogP contribution >= 0.6 is 15.9 Å². The molecule has 0 bridgehead atoms. The number of hydrogen-bond donors (Lipinski definition) is 1. The van der Waals surface area contributed by atoms with Gasteiger partial charge in [0.25, 0.3) is 0 Å². The molecule has 0 aliphatic carbocycles. The van der Waals surface area contributed by atoms with E-state index < -0.39 is 0 Å². The highest BCUT2D eigenvalue weighted by atomic mass is 79.9. The van der Waals surface area contributed by atoms with Gasteiger partial charge in [-0.05, 0) is 62.4 Å². The van der Waals surface area contributed by atoms with Gasteiger partial charge in [0.1, 0.15) is 5.75 Å². The molecule has 1 aromatic carbocycles. The predicted octanol–water partition coefficient (Wildman–Crippen LogP) is 3.94. The molecule has 1 aliphatic heterocycles. The van der Waals surface area contributed by atoms with Crippen LogP contribution in [0.1, 0.15) is 38.2 Å². The van der Waals surface area contributed by atoms with Crippen molar-refractivity contribution in [2.24, 2.45) is 0 Å². The fourth-order valence-corrected chi connectivity index (χ4v) is 3.33. The van der Waals surface area contributed by atoms with Crippen molar-refractivity contribution in [1.82, 2.24) is 5.32 Å². The highest BCUT2D eigenvalue weighted by Gasteiger charge is 2.18. The molecule has 118 valence electrons. The molecule has 0 saturated carbocycles. The van der Waals surface area contributed by atoms with Crippen LogP contribution in [0.15, 0.2) is 22.7 Å². The topological polar surface area (TPSA) is 30.5 Å². The van der Waals surface area contributed by atoms with E-state index in [2.05, 4.69) is 40.3 Å². The van der Waals surface area contributed by atoms with E-state index in [4.69, 9.17) is 9.47 Å². The first kappa shape index (κ1) is 16.8. The maximum absolute atomic E-state index is 5.73. The van der Waals surface area contributed by atoms with Gasteiger partial charge in [-0.25, -0.2) is 0 Å². The van der Waals surface area contributed by atoms with Crippen LogP contribution in [-0.4, -0.2) is 32.4 Å². The average molecular weight is 356 g/mol. The Morgan fingerprint density at radius 3 is 3.00 bits per heavy atom. The van der Waals surface area contributed by atoms with Crippen LogP contribution in [0.25, 0.3) is 0 Å². The van der Waals surface area contributed by atoms with Crippen molar-refractivity contribution in [3.05, 3.63) is 28.2 Å². The van der Waals surface area contributed by atoms with Gasteiger partial charge in [0.2, 0.25) is 0 Å². The van der Waals surface area contributed by atoms with Crippen molar-refractivity contribution in [3.8, 4) is 5.75 Å². The first-order valence-corrected chi connectivity index (χ1v) is 8.69. The van der Waals surface area contributed by atoms with Crippen LogP contribution in [0.4, 0.5) is 0 Å². The summed E-state index contributed by atoms with van der Waals surface area (Å²) in [5.41, 5.74) is 1.30. The number of methoxy groups -OCH3 is 1. The van der Waals surface area contributed by atoms with Crippen molar-refractivity contribution in [2.45, 2.75) is 51.2 Å². The molecule has 1 heterocycles. The van der Waals surface area contributed by atoms with Crippen LogP contribution in [0.3, 0.4) is 0 Å². The zero-order valence-corrected chi connectivity index (χ0v) is 14.6. The van der Waals surface area contributed by atoms with Gasteiger partial charge in [0.15, 0.2) is 0 Å². The van der Waals surface area contributed by atoms with Crippen LogP contribution in [0.2, 0.25) is 0 Å². The largest absolute Gasteiger partial charge is 0.497 e. The number of benzene rings is 1. The maximum atomic E-state index is 5.73. The van der Waals surface area contributed by atoms with Crippen LogP contribution in [0, 0.1) is 0 Å². The molecule has 4 heteroatoms. The van der Waals surface area contributed by atoms with E-state index in [1.807, 2.05) is 6.07 Å². The van der Waals surface area contributed by atoms with E-state index in [-0.39, 0.29) is 0 Å². The summed E-state index contributed by atoms with van der Waals surface area (Å²) in [4.78, 5) is 0. The number of ether oxygens (including phenoxy) is 2. The van der Waals surface area contributed by atoms with Gasteiger partial charge in [-0.1, -0.05) is 22.9 Å². The highest BCUT2D eigenvalue weighted by molar-refractivity contribution is 9.10. The Kier molecular flexibility index (Phi) is 7.00. The zero-order chi connectivity index (χ0) is 15.1. The van der Waals surface area contributed by atoms with Crippen molar-refractivity contribution >= 4 is 15.9 Å². The monoisotopic (exact) mass is 355 g/mol. The molecule has 1 saturated heterocycles. The van der Waals surface area contributed by atoms with Crippen LogP contribution in [-0.2, 0) is 11.2 Å². The summed E-state index contributed by atoms with van der Waals surface area (Å²) in [6, 6.07) is 6.67. The van der Waals surface area contributed by atoms with E-state index in [1.165, 1.54) is 18.4 Å². The minimum Gasteiger partial charge on any atom is -0.497 e. The summed E-state index contributed by atoms with van der Waals surface area (Å²) in [5.74, 6) is 0.919. The summed E-state index contributed by atoms with van der Waals surface area (Å²) in [7, 11) is 1.71. The Labute approximate surface area is 136 Å². The Morgan fingerprint density at radius 1 is 1.48 bits per heavy atom. The molecule has 0 spiro atoms. The Balaban J connectivity index is 1.94. The average Bonchev–Trinajstić information content (AvgIpc) is 3.00. The normalized spacial score (nSPS) is 19.7. The lowest BCUT2D eigenvalue weighted by Gasteiger charge is -2.20. The van der Waals surface area contributed by atoms with Crippen molar-refractivity contribution in [3.63, 3.8) is 0 Å². The molecule has 1 N–H and O–H groups in total. The molecule has 2 atom stereocenters. The third-order valence-corrected chi connectivity index (χ3v) is 4.85. The lowest BCUT2D eigenvalue weighted by Crippen LogP contribution is -2.32. The highest BCUT2D eigenvalue weighted by Crippen LogP contribution is 2.25. The molecule has 0 aromatic heterocycles. The van der Waals surface area contributed by atoms with Gasteiger partial charge in [-0.3, -0.25) is 0 Å². The quantitative estimate of drug-likeness (QED) is 0.765. The SMILES string of the molecule is CCNC(CCC1CCCO1)Cc1cc(OC)ccc1Br. The predicted molar refractivity (Wildman–Crippen MR) is 90.1 cm³/mol. The van der Waals surface area contributed by atoms with Crippen molar-refractivity contribution in [1.29, 1.82) is 0 Å². The third-order valence-electron chi connectivity index (χ3n) is 4.07. The van der Waals surface area contributed by atoms with E-state index in [1.54, 1.807) is 7.11 Å². The van der Waals surface area contributed by atoms with Gasteiger partial charge in [0.05, 0.1) is 13.2 Å². The number of hydrogen-bond acceptors (Lipinski definition) is 3. The third kappa shape index (κ3) is 5.28. The molecule has 2 unspecified atom stereocenters. The number of nitrogens with one attached hydrogen (secondary N) is 1. The summed E-state index contributed by atoms with van der Waals surface area (Å²) >= 11 is 3.65. The number of likely N-dealkylation sites (N-methyl/N-ethyl adjacent to an activating group) is 1. The van der Waals surface area contributed by atoms with Gasteiger partial charge in [-0.2, -0.15) is 0 Å². The fraction of sp³-hybridized carbons (Fsp3) is 0.647. The maximum Gasteiger partial charge on any atom is 0.119 e. The molecular weight excluding hydrogens is 330 g/mol. The van der Waals surface area contributed by atoms with E-state index in [0.29, 0.717) is 12.1 Å². The standard InChI is InChI=1S/C17H26BrNO2/c1-3-19-14(6-7-15-5-4-10-21-15)11-13-12-16(20-2)8-9-17(13)18/h8-9,12,14-15,19H,3-7,10-11H2,1-2H3. The molecule has 1 fully saturated rings. The van der Waals surface area contributed by atoms with Gasteiger partial charge in [0, 0.05) is 17.1 Å². The molecular formula is C17H26BrNO2. The second kappa shape index (κ2) is 8.76. The minimum absolute atomic E-state index is 0.472. The van der Waals surface area contributed by atoms with E-state index in [0.717, 1.165) is 42.6 Å². The number of halogens is 1. The van der Waals surface area contributed by atoms with E-state index in [9.17, 15) is 0 Å². The van der Waals surface area contributed by atoms with Crippen LogP contribution < -0.4 is 10.1 Å². The molecule has 1 aliphatic rings. The molecule has 3 nitrogen and oxygen atoms in total. The molecule has 2 rings (SSSR count). The van der Waals surface area contributed by atoms with Crippen molar-refractivity contribution < 1.29 is 9.47 Å².